The van der Waals surface area contributed by atoms with Gasteiger partial charge in [0.15, 0.2) is 5.54 Å². The average Bonchev–Trinajstić information content (AvgIpc) is 2.30. The molecule has 88 valence electrons. The van der Waals surface area contributed by atoms with Crippen LogP contribution in [-0.2, 0) is 16.1 Å². The van der Waals surface area contributed by atoms with E-state index in [-0.39, 0.29) is 13.2 Å². The summed E-state index contributed by atoms with van der Waals surface area (Å²) < 4.78 is 5.17. The highest BCUT2D eigenvalue weighted by Crippen LogP contribution is 2.05. The lowest BCUT2D eigenvalue weighted by Gasteiger charge is -2.21. The number of ether oxygens (including phenoxy) is 1. The monoisotopic (exact) mass is 225 g/mol. The smallest absolute Gasteiger partial charge is 0.328 e. The summed E-state index contributed by atoms with van der Waals surface area (Å²) in [5.41, 5.74) is 4.63. The minimum Gasteiger partial charge on any atom is -0.480 e. The maximum atomic E-state index is 10.7. The first-order valence-electron chi connectivity index (χ1n) is 4.83. The van der Waals surface area contributed by atoms with Gasteiger partial charge in [0.1, 0.15) is 0 Å². The second kappa shape index (κ2) is 5.60. The quantitative estimate of drug-likeness (QED) is 0.632. The molecule has 0 aromatic heterocycles. The van der Waals surface area contributed by atoms with Gasteiger partial charge in [-0.2, -0.15) is 0 Å². The molecule has 0 saturated carbocycles. The van der Waals surface area contributed by atoms with Crippen LogP contribution >= 0.6 is 0 Å². The molecule has 1 aromatic rings. The highest BCUT2D eigenvalue weighted by molar-refractivity contribution is 5.78. The lowest BCUT2D eigenvalue weighted by atomic mass is 10.0. The van der Waals surface area contributed by atoms with Crippen LogP contribution in [-0.4, -0.2) is 34.9 Å². The van der Waals surface area contributed by atoms with Crippen molar-refractivity contribution >= 4 is 5.97 Å². The standard InChI is InChI=1S/C11H15NO4/c12-11(7-13,10(14)15)8-16-6-9-4-2-1-3-5-9/h1-5,13H,6-8,12H2,(H,14,15). The molecular weight excluding hydrogens is 210 g/mol. The molecule has 0 amide bonds. The Morgan fingerprint density at radius 2 is 2.00 bits per heavy atom. The van der Waals surface area contributed by atoms with Crippen molar-refractivity contribution in [3.8, 4) is 0 Å². The van der Waals surface area contributed by atoms with E-state index in [0.29, 0.717) is 0 Å². The van der Waals surface area contributed by atoms with Crippen molar-refractivity contribution in [3.63, 3.8) is 0 Å². The fourth-order valence-electron chi connectivity index (χ4n) is 1.10. The Bertz CT molecular complexity index is 341. The summed E-state index contributed by atoms with van der Waals surface area (Å²) in [6.07, 6.45) is 0. The van der Waals surface area contributed by atoms with Crippen LogP contribution in [0.1, 0.15) is 5.56 Å². The second-order valence-electron chi connectivity index (χ2n) is 3.60. The van der Waals surface area contributed by atoms with Gasteiger partial charge in [-0.1, -0.05) is 30.3 Å². The van der Waals surface area contributed by atoms with E-state index in [2.05, 4.69) is 0 Å². The molecular formula is C11H15NO4. The van der Waals surface area contributed by atoms with Crippen LogP contribution < -0.4 is 5.73 Å². The first kappa shape index (κ1) is 12.6. The Kier molecular flexibility index (Phi) is 4.42. The molecule has 0 fully saturated rings. The van der Waals surface area contributed by atoms with E-state index in [4.69, 9.17) is 20.7 Å². The van der Waals surface area contributed by atoms with E-state index in [0.717, 1.165) is 5.56 Å². The first-order chi connectivity index (χ1) is 7.58. The maximum Gasteiger partial charge on any atom is 0.328 e. The SMILES string of the molecule is NC(CO)(COCc1ccccc1)C(=O)O. The third-order valence-electron chi connectivity index (χ3n) is 2.18. The van der Waals surface area contributed by atoms with Gasteiger partial charge in [0.05, 0.1) is 19.8 Å². The molecule has 0 aliphatic carbocycles. The van der Waals surface area contributed by atoms with Gasteiger partial charge in [0.25, 0.3) is 0 Å². The van der Waals surface area contributed by atoms with Crippen molar-refractivity contribution < 1.29 is 19.7 Å². The zero-order chi connectivity index (χ0) is 12.0. The fourth-order valence-corrected chi connectivity index (χ4v) is 1.10. The van der Waals surface area contributed by atoms with Crippen molar-refractivity contribution in [2.24, 2.45) is 5.73 Å². The zero-order valence-electron chi connectivity index (χ0n) is 8.80. The fraction of sp³-hybridized carbons (Fsp3) is 0.364. The normalized spacial score (nSPS) is 14.4. The number of benzene rings is 1. The highest BCUT2D eigenvalue weighted by Gasteiger charge is 2.33. The number of aliphatic hydroxyl groups excluding tert-OH is 1. The van der Waals surface area contributed by atoms with Crippen LogP contribution in [0.2, 0.25) is 0 Å². The van der Waals surface area contributed by atoms with Gasteiger partial charge in [-0.05, 0) is 5.56 Å². The van der Waals surface area contributed by atoms with Gasteiger partial charge in [-0.15, -0.1) is 0 Å². The average molecular weight is 225 g/mol. The number of rotatable bonds is 6. The molecule has 4 N–H and O–H groups in total. The zero-order valence-corrected chi connectivity index (χ0v) is 8.80. The summed E-state index contributed by atoms with van der Waals surface area (Å²) in [5, 5.41) is 17.6. The Morgan fingerprint density at radius 3 is 2.50 bits per heavy atom. The lowest BCUT2D eigenvalue weighted by Crippen LogP contribution is -2.55. The molecule has 0 heterocycles. The van der Waals surface area contributed by atoms with Gasteiger partial charge >= 0.3 is 5.97 Å². The van der Waals surface area contributed by atoms with E-state index in [1.165, 1.54) is 0 Å². The molecule has 1 atom stereocenters. The molecule has 1 aromatic carbocycles. The molecule has 1 unspecified atom stereocenters. The van der Waals surface area contributed by atoms with Crippen molar-refractivity contribution in [2.45, 2.75) is 12.1 Å². The van der Waals surface area contributed by atoms with Crippen molar-refractivity contribution in [3.05, 3.63) is 35.9 Å². The number of carbonyl (C=O) groups is 1. The Hall–Kier alpha value is -1.43. The Labute approximate surface area is 93.5 Å². The van der Waals surface area contributed by atoms with Crippen LogP contribution in [0.3, 0.4) is 0 Å². The van der Waals surface area contributed by atoms with Gasteiger partial charge in [0.2, 0.25) is 0 Å². The number of aliphatic carboxylic acids is 1. The van der Waals surface area contributed by atoms with Crippen LogP contribution in [0.4, 0.5) is 0 Å². The van der Waals surface area contributed by atoms with Gasteiger partial charge in [-0.25, -0.2) is 0 Å². The van der Waals surface area contributed by atoms with E-state index in [9.17, 15) is 4.79 Å². The number of nitrogens with two attached hydrogens (primary N) is 1. The second-order valence-corrected chi connectivity index (χ2v) is 3.60. The molecule has 0 aliphatic rings. The Balaban J connectivity index is 2.43. The minimum atomic E-state index is -1.73. The number of hydrogen-bond donors (Lipinski definition) is 3. The molecule has 1 rings (SSSR count). The van der Waals surface area contributed by atoms with E-state index in [1.54, 1.807) is 0 Å². The molecule has 0 aliphatic heterocycles. The third-order valence-corrected chi connectivity index (χ3v) is 2.18. The van der Waals surface area contributed by atoms with Crippen molar-refractivity contribution in [1.29, 1.82) is 0 Å². The van der Waals surface area contributed by atoms with Crippen LogP contribution in [0.25, 0.3) is 0 Å². The molecule has 0 spiro atoms. The third kappa shape index (κ3) is 3.30. The van der Waals surface area contributed by atoms with Gasteiger partial charge in [-0.3, -0.25) is 4.79 Å². The van der Waals surface area contributed by atoms with Crippen LogP contribution in [0.5, 0.6) is 0 Å². The first-order valence-corrected chi connectivity index (χ1v) is 4.83. The molecule has 16 heavy (non-hydrogen) atoms. The van der Waals surface area contributed by atoms with Gasteiger partial charge in [0, 0.05) is 0 Å². The molecule has 0 saturated heterocycles. The predicted molar refractivity (Wildman–Crippen MR) is 57.7 cm³/mol. The van der Waals surface area contributed by atoms with Crippen LogP contribution in [0.15, 0.2) is 30.3 Å². The number of carboxylic acids is 1. The molecule has 5 heteroatoms. The summed E-state index contributed by atoms with van der Waals surface area (Å²) in [5.74, 6) is -1.27. The summed E-state index contributed by atoms with van der Waals surface area (Å²) in [6, 6.07) is 9.31. The summed E-state index contributed by atoms with van der Waals surface area (Å²) in [4.78, 5) is 10.7. The molecule has 0 radical (unpaired) electrons. The number of hydrogen-bond acceptors (Lipinski definition) is 4. The molecule has 0 bridgehead atoms. The van der Waals surface area contributed by atoms with E-state index >= 15 is 0 Å². The predicted octanol–water partition coefficient (Wildman–Crippen LogP) is -0.0224. The Morgan fingerprint density at radius 1 is 1.38 bits per heavy atom. The van der Waals surface area contributed by atoms with E-state index in [1.807, 2.05) is 30.3 Å². The molecule has 5 nitrogen and oxygen atoms in total. The maximum absolute atomic E-state index is 10.7. The summed E-state index contributed by atoms with van der Waals surface area (Å²) in [7, 11) is 0. The van der Waals surface area contributed by atoms with Gasteiger partial charge < -0.3 is 20.7 Å². The van der Waals surface area contributed by atoms with Crippen LogP contribution in [0, 0.1) is 0 Å². The van der Waals surface area contributed by atoms with E-state index < -0.39 is 18.1 Å². The summed E-state index contributed by atoms with van der Waals surface area (Å²) >= 11 is 0. The topological polar surface area (TPSA) is 92.8 Å². The largest absolute Gasteiger partial charge is 0.480 e. The van der Waals surface area contributed by atoms with Crippen molar-refractivity contribution in [1.82, 2.24) is 0 Å². The number of carboxylic acid groups (broad SMARTS) is 1. The summed E-state index contributed by atoms with van der Waals surface area (Å²) in [6.45, 7) is -0.613. The number of aliphatic hydroxyl groups is 1. The lowest BCUT2D eigenvalue weighted by molar-refractivity contribution is -0.148. The highest BCUT2D eigenvalue weighted by atomic mass is 16.5. The van der Waals surface area contributed by atoms with Crippen molar-refractivity contribution in [2.75, 3.05) is 13.2 Å². The minimum absolute atomic E-state index is 0.228.